The lowest BCUT2D eigenvalue weighted by atomic mass is 10.5. The molecule has 2 nitrogen and oxygen atoms in total. The van der Waals surface area contributed by atoms with Crippen molar-refractivity contribution in [1.82, 2.24) is 4.90 Å². The molecular weight excluding hydrogens is 168 g/mol. The van der Waals surface area contributed by atoms with Crippen LogP contribution in [0.3, 0.4) is 0 Å². The van der Waals surface area contributed by atoms with Gasteiger partial charge in [-0.25, -0.2) is 0 Å². The van der Waals surface area contributed by atoms with Crippen LogP contribution in [0, 0.1) is 0 Å². The summed E-state index contributed by atoms with van der Waals surface area (Å²) in [5.74, 6) is 1.21. The first-order valence-electron chi connectivity index (χ1n) is 4.78. The lowest BCUT2D eigenvalue weighted by molar-refractivity contribution is 0.324. The molecule has 0 fully saturated rings. The Bertz CT molecular complexity index is 94.5. The molecule has 3 heteroatoms. The van der Waals surface area contributed by atoms with Crippen molar-refractivity contribution in [2.45, 2.75) is 26.0 Å². The van der Waals surface area contributed by atoms with Gasteiger partial charge in [0, 0.05) is 24.1 Å². The summed E-state index contributed by atoms with van der Waals surface area (Å²) < 4.78 is 0. The first-order valence-corrected chi connectivity index (χ1v) is 5.83. The summed E-state index contributed by atoms with van der Waals surface area (Å²) in [6.07, 6.45) is 0. The van der Waals surface area contributed by atoms with Crippen LogP contribution in [-0.4, -0.2) is 42.1 Å². The Balaban J connectivity index is 3.28. The number of nitrogens with zero attached hydrogens (tertiary/aromatic N) is 1. The van der Waals surface area contributed by atoms with Crippen molar-refractivity contribution >= 4 is 11.8 Å². The second-order valence-electron chi connectivity index (χ2n) is 2.94. The maximum absolute atomic E-state index is 5.52. The summed E-state index contributed by atoms with van der Waals surface area (Å²) in [5, 5.41) is 0.612. The summed E-state index contributed by atoms with van der Waals surface area (Å²) in [4.78, 5) is 2.44. The van der Waals surface area contributed by atoms with Gasteiger partial charge in [0.15, 0.2) is 0 Å². The van der Waals surface area contributed by atoms with Gasteiger partial charge >= 0.3 is 0 Å². The van der Waals surface area contributed by atoms with E-state index in [0.717, 1.165) is 19.6 Å². The molecule has 0 aliphatic rings. The summed E-state index contributed by atoms with van der Waals surface area (Å²) in [6.45, 7) is 10.9. The van der Waals surface area contributed by atoms with Gasteiger partial charge in [0.25, 0.3) is 0 Å². The lowest BCUT2D eigenvalue weighted by Crippen LogP contribution is -2.26. The van der Waals surface area contributed by atoms with Gasteiger partial charge in [-0.3, -0.25) is 0 Å². The molecule has 74 valence electrons. The van der Waals surface area contributed by atoms with Gasteiger partial charge in [0.1, 0.15) is 0 Å². The molecule has 0 aliphatic heterocycles. The predicted octanol–water partition coefficient (Wildman–Crippen LogP) is 1.41. The van der Waals surface area contributed by atoms with Crippen molar-refractivity contribution in [2.75, 3.05) is 31.9 Å². The van der Waals surface area contributed by atoms with Crippen molar-refractivity contribution in [3.05, 3.63) is 0 Å². The number of thioether (sulfide) groups is 1. The smallest absolute Gasteiger partial charge is 0.0142 e. The fourth-order valence-electron chi connectivity index (χ4n) is 0.991. The topological polar surface area (TPSA) is 29.3 Å². The highest BCUT2D eigenvalue weighted by Gasteiger charge is 2.01. The molecule has 0 aromatic rings. The highest BCUT2D eigenvalue weighted by Crippen LogP contribution is 2.08. The van der Waals surface area contributed by atoms with Crippen LogP contribution in [0.2, 0.25) is 0 Å². The second kappa shape index (κ2) is 7.90. The Hall–Kier alpha value is 0.270. The highest BCUT2D eigenvalue weighted by molar-refractivity contribution is 7.99. The normalized spacial score (nSPS) is 13.8. The molecule has 0 spiro atoms. The Morgan fingerprint density at radius 2 is 1.92 bits per heavy atom. The van der Waals surface area contributed by atoms with Gasteiger partial charge in [-0.15, -0.1) is 0 Å². The minimum atomic E-state index is 0.612. The van der Waals surface area contributed by atoms with Gasteiger partial charge < -0.3 is 10.6 Å². The molecule has 12 heavy (non-hydrogen) atoms. The molecule has 0 bridgehead atoms. The Morgan fingerprint density at radius 3 is 2.33 bits per heavy atom. The summed E-state index contributed by atoms with van der Waals surface area (Å²) in [7, 11) is 0. The zero-order chi connectivity index (χ0) is 9.40. The lowest BCUT2D eigenvalue weighted by Gasteiger charge is -2.18. The van der Waals surface area contributed by atoms with Crippen molar-refractivity contribution in [3.8, 4) is 0 Å². The van der Waals surface area contributed by atoms with Crippen molar-refractivity contribution in [3.63, 3.8) is 0 Å². The quantitative estimate of drug-likeness (QED) is 0.658. The third-order valence-corrected chi connectivity index (χ3v) is 3.22. The van der Waals surface area contributed by atoms with E-state index in [1.165, 1.54) is 12.3 Å². The molecule has 0 heterocycles. The number of nitrogens with two attached hydrogens (primary N) is 1. The third-order valence-electron chi connectivity index (χ3n) is 2.04. The van der Waals surface area contributed by atoms with Gasteiger partial charge in [-0.2, -0.15) is 11.8 Å². The Labute approximate surface area is 80.9 Å². The average molecular weight is 190 g/mol. The minimum absolute atomic E-state index is 0.612. The summed E-state index contributed by atoms with van der Waals surface area (Å²) in [5.41, 5.74) is 5.52. The first kappa shape index (κ1) is 12.3. The van der Waals surface area contributed by atoms with E-state index in [4.69, 9.17) is 5.73 Å². The monoisotopic (exact) mass is 190 g/mol. The van der Waals surface area contributed by atoms with E-state index < -0.39 is 0 Å². The molecule has 0 radical (unpaired) electrons. The van der Waals surface area contributed by atoms with Gasteiger partial charge in [-0.05, 0) is 13.1 Å². The van der Waals surface area contributed by atoms with Crippen LogP contribution in [0.4, 0.5) is 0 Å². The Kier molecular flexibility index (Phi) is 8.07. The van der Waals surface area contributed by atoms with Crippen LogP contribution < -0.4 is 5.73 Å². The molecule has 1 atom stereocenters. The van der Waals surface area contributed by atoms with Crippen LogP contribution in [0.15, 0.2) is 0 Å². The highest BCUT2D eigenvalue weighted by atomic mass is 32.2. The first-order chi connectivity index (χ1) is 5.74. The maximum atomic E-state index is 5.52. The molecule has 0 saturated heterocycles. The summed E-state index contributed by atoms with van der Waals surface area (Å²) >= 11 is 1.97. The van der Waals surface area contributed by atoms with E-state index in [2.05, 4.69) is 25.7 Å². The van der Waals surface area contributed by atoms with E-state index >= 15 is 0 Å². The van der Waals surface area contributed by atoms with Crippen LogP contribution in [0.1, 0.15) is 20.8 Å². The van der Waals surface area contributed by atoms with Gasteiger partial charge in [0.05, 0.1) is 0 Å². The molecule has 0 rings (SSSR count). The molecule has 0 saturated carbocycles. The Morgan fingerprint density at radius 1 is 1.33 bits per heavy atom. The van der Waals surface area contributed by atoms with Crippen molar-refractivity contribution < 1.29 is 0 Å². The van der Waals surface area contributed by atoms with E-state index in [0.29, 0.717) is 5.25 Å². The molecular formula is C9H22N2S. The molecule has 2 N–H and O–H groups in total. The molecule has 0 aromatic heterocycles. The zero-order valence-electron chi connectivity index (χ0n) is 8.55. The maximum Gasteiger partial charge on any atom is 0.0142 e. The molecule has 0 amide bonds. The minimum Gasteiger partial charge on any atom is -0.329 e. The van der Waals surface area contributed by atoms with Crippen molar-refractivity contribution in [1.29, 1.82) is 0 Å². The number of hydrogen-bond acceptors (Lipinski definition) is 3. The standard InChI is InChI=1S/C9H22N2S/c1-4-11(5-2)6-7-12-9(3)8-10/h9H,4-8,10H2,1-3H3. The van der Waals surface area contributed by atoms with Gasteiger partial charge in [-0.1, -0.05) is 20.8 Å². The van der Waals surface area contributed by atoms with Crippen LogP contribution in [0.5, 0.6) is 0 Å². The van der Waals surface area contributed by atoms with E-state index in [9.17, 15) is 0 Å². The average Bonchev–Trinajstić information content (AvgIpc) is 2.12. The molecule has 0 aliphatic carbocycles. The fraction of sp³-hybridized carbons (Fsp3) is 1.00. The van der Waals surface area contributed by atoms with Crippen LogP contribution >= 0.6 is 11.8 Å². The number of rotatable bonds is 7. The van der Waals surface area contributed by atoms with E-state index in [1.807, 2.05) is 11.8 Å². The van der Waals surface area contributed by atoms with E-state index in [-0.39, 0.29) is 0 Å². The summed E-state index contributed by atoms with van der Waals surface area (Å²) in [6, 6.07) is 0. The SMILES string of the molecule is CCN(CC)CCSC(C)CN. The predicted molar refractivity (Wildman–Crippen MR) is 58.8 cm³/mol. The molecule has 0 aromatic carbocycles. The second-order valence-corrected chi connectivity index (χ2v) is 4.49. The number of hydrogen-bond donors (Lipinski definition) is 1. The largest absolute Gasteiger partial charge is 0.329 e. The fourth-order valence-corrected chi connectivity index (χ4v) is 1.89. The molecule has 1 unspecified atom stereocenters. The third kappa shape index (κ3) is 5.86. The van der Waals surface area contributed by atoms with Gasteiger partial charge in [0.2, 0.25) is 0 Å². The van der Waals surface area contributed by atoms with Crippen LogP contribution in [0.25, 0.3) is 0 Å². The van der Waals surface area contributed by atoms with E-state index in [1.54, 1.807) is 0 Å². The van der Waals surface area contributed by atoms with Crippen molar-refractivity contribution in [2.24, 2.45) is 5.73 Å². The van der Waals surface area contributed by atoms with Crippen LogP contribution in [-0.2, 0) is 0 Å². The zero-order valence-corrected chi connectivity index (χ0v) is 9.36.